The van der Waals surface area contributed by atoms with Crippen molar-refractivity contribution in [3.63, 3.8) is 0 Å². The molecule has 4 rings (SSSR count). The standard InChI is InChI=1S/C30H33ClN2O6S/c1-8-37-21-11-9-20(10-12-21)26-25(29(35)39-17(4)5)18(6)32-30-33(26)28(34)24(40-30)15-19-13-22(31)27(38-16(2)3)23(14-19)36-7/h9-17,26H,8H2,1-7H3/b24-15+/t26-/m0/s1. The topological polar surface area (TPSA) is 88.4 Å². The fourth-order valence-electron chi connectivity index (χ4n) is 4.41. The molecule has 8 nitrogen and oxygen atoms in total. The highest BCUT2D eigenvalue weighted by Gasteiger charge is 2.33. The van der Waals surface area contributed by atoms with Gasteiger partial charge in [0.25, 0.3) is 5.56 Å². The number of carbonyl (C=O) groups excluding carboxylic acids is 1. The van der Waals surface area contributed by atoms with Gasteiger partial charge in [0.15, 0.2) is 16.3 Å². The fourth-order valence-corrected chi connectivity index (χ4v) is 5.72. The van der Waals surface area contributed by atoms with E-state index in [-0.39, 0.29) is 17.8 Å². The normalized spacial score (nSPS) is 15.2. The average molecular weight is 585 g/mol. The highest BCUT2D eigenvalue weighted by atomic mass is 35.5. The number of halogens is 1. The van der Waals surface area contributed by atoms with Gasteiger partial charge in [0, 0.05) is 0 Å². The molecule has 0 spiro atoms. The molecule has 0 saturated heterocycles. The van der Waals surface area contributed by atoms with Crippen LogP contribution >= 0.6 is 22.9 Å². The molecule has 0 fully saturated rings. The zero-order valence-electron chi connectivity index (χ0n) is 23.6. The molecule has 0 saturated carbocycles. The van der Waals surface area contributed by atoms with Crippen LogP contribution < -0.4 is 29.1 Å². The summed E-state index contributed by atoms with van der Waals surface area (Å²) in [4.78, 5) is 32.3. The molecule has 3 aromatic rings. The van der Waals surface area contributed by atoms with E-state index in [4.69, 9.17) is 30.5 Å². The lowest BCUT2D eigenvalue weighted by molar-refractivity contribution is -0.143. The van der Waals surface area contributed by atoms with Crippen molar-refractivity contribution in [2.45, 2.75) is 59.8 Å². The van der Waals surface area contributed by atoms with E-state index >= 15 is 0 Å². The van der Waals surface area contributed by atoms with Crippen molar-refractivity contribution in [2.75, 3.05) is 13.7 Å². The number of allylic oxidation sites excluding steroid dienone is 1. The minimum absolute atomic E-state index is 0.0941. The first-order valence-corrected chi connectivity index (χ1v) is 14.2. The molecule has 1 aromatic heterocycles. The number of methoxy groups -OCH3 is 1. The molecule has 212 valence electrons. The molecule has 10 heteroatoms. The van der Waals surface area contributed by atoms with Crippen LogP contribution in [0, 0.1) is 0 Å². The summed E-state index contributed by atoms with van der Waals surface area (Å²) in [6.07, 6.45) is 1.31. The molecule has 2 heterocycles. The molecule has 40 heavy (non-hydrogen) atoms. The van der Waals surface area contributed by atoms with E-state index < -0.39 is 12.0 Å². The Hall–Kier alpha value is -3.56. The first-order chi connectivity index (χ1) is 19.0. The summed E-state index contributed by atoms with van der Waals surface area (Å²) in [6, 6.07) is 10.1. The van der Waals surface area contributed by atoms with E-state index in [0.29, 0.717) is 55.0 Å². The Morgan fingerprint density at radius 2 is 1.85 bits per heavy atom. The van der Waals surface area contributed by atoms with Crippen molar-refractivity contribution in [3.05, 3.63) is 83.5 Å². The summed E-state index contributed by atoms with van der Waals surface area (Å²) in [7, 11) is 1.54. The third-order valence-electron chi connectivity index (χ3n) is 5.99. The second-order valence-corrected chi connectivity index (χ2v) is 11.2. The van der Waals surface area contributed by atoms with Gasteiger partial charge in [0.05, 0.1) is 52.8 Å². The molecule has 1 aliphatic heterocycles. The van der Waals surface area contributed by atoms with Crippen LogP contribution in [0.3, 0.4) is 0 Å². The van der Waals surface area contributed by atoms with Crippen molar-refractivity contribution in [1.29, 1.82) is 0 Å². The second-order valence-electron chi connectivity index (χ2n) is 9.74. The van der Waals surface area contributed by atoms with E-state index in [2.05, 4.69) is 4.99 Å². The summed E-state index contributed by atoms with van der Waals surface area (Å²) in [5, 5.41) is 0.369. The lowest BCUT2D eigenvalue weighted by atomic mass is 9.96. The van der Waals surface area contributed by atoms with Gasteiger partial charge in [-0.05, 0) is 83.0 Å². The van der Waals surface area contributed by atoms with Gasteiger partial charge in [-0.25, -0.2) is 9.79 Å². The van der Waals surface area contributed by atoms with Crippen LogP contribution in [0.5, 0.6) is 17.2 Å². The summed E-state index contributed by atoms with van der Waals surface area (Å²) in [5.74, 6) is 1.09. The SMILES string of the molecule is CCOc1ccc([C@H]2C(C(=O)OC(C)C)=C(C)N=c3s/c(=C/c4cc(Cl)c(OC(C)C)c(OC)c4)c(=O)n32)cc1. The third-order valence-corrected chi connectivity index (χ3v) is 7.26. The summed E-state index contributed by atoms with van der Waals surface area (Å²) in [5.41, 5.74) is 1.92. The maximum atomic E-state index is 13.9. The lowest BCUT2D eigenvalue weighted by Crippen LogP contribution is -2.40. The number of rotatable bonds is 9. The minimum atomic E-state index is -0.722. The molecule has 0 radical (unpaired) electrons. The Labute approximate surface area is 242 Å². The quantitative estimate of drug-likeness (QED) is 0.328. The van der Waals surface area contributed by atoms with Crippen LogP contribution in [-0.4, -0.2) is 36.5 Å². The predicted molar refractivity (Wildman–Crippen MR) is 156 cm³/mol. The first kappa shape index (κ1) is 29.4. The van der Waals surface area contributed by atoms with E-state index in [1.54, 1.807) is 43.5 Å². The number of thiazole rings is 1. The average Bonchev–Trinajstić information content (AvgIpc) is 3.18. The minimum Gasteiger partial charge on any atom is -0.494 e. The van der Waals surface area contributed by atoms with Gasteiger partial charge in [-0.1, -0.05) is 35.1 Å². The molecular weight excluding hydrogens is 552 g/mol. The van der Waals surface area contributed by atoms with E-state index in [1.807, 2.05) is 45.0 Å². The highest BCUT2D eigenvalue weighted by molar-refractivity contribution is 7.07. The summed E-state index contributed by atoms with van der Waals surface area (Å²) in [6.45, 7) is 11.6. The second kappa shape index (κ2) is 12.3. The number of hydrogen-bond donors (Lipinski definition) is 0. The molecule has 1 aliphatic rings. The van der Waals surface area contributed by atoms with Crippen molar-refractivity contribution in [1.82, 2.24) is 4.57 Å². The molecular formula is C30H33ClN2O6S. The van der Waals surface area contributed by atoms with Crippen molar-refractivity contribution < 1.29 is 23.7 Å². The monoisotopic (exact) mass is 584 g/mol. The van der Waals surface area contributed by atoms with Crippen LogP contribution in [0.1, 0.15) is 58.7 Å². The third kappa shape index (κ3) is 6.10. The van der Waals surface area contributed by atoms with Crippen LogP contribution in [0.2, 0.25) is 5.02 Å². The molecule has 0 N–H and O–H groups in total. The number of carbonyl (C=O) groups is 1. The largest absolute Gasteiger partial charge is 0.494 e. The summed E-state index contributed by atoms with van der Waals surface area (Å²) < 4.78 is 24.5. The Morgan fingerprint density at radius 1 is 1.15 bits per heavy atom. The Balaban J connectivity index is 1.89. The molecule has 0 unspecified atom stereocenters. The number of aromatic nitrogens is 1. The van der Waals surface area contributed by atoms with Crippen LogP contribution in [0.15, 0.2) is 57.5 Å². The van der Waals surface area contributed by atoms with Gasteiger partial charge in [-0.2, -0.15) is 0 Å². The van der Waals surface area contributed by atoms with E-state index in [9.17, 15) is 9.59 Å². The first-order valence-electron chi connectivity index (χ1n) is 13.0. The van der Waals surface area contributed by atoms with Crippen LogP contribution in [0.4, 0.5) is 0 Å². The molecule has 0 bridgehead atoms. The maximum absolute atomic E-state index is 13.9. The van der Waals surface area contributed by atoms with Crippen LogP contribution in [0.25, 0.3) is 6.08 Å². The zero-order valence-corrected chi connectivity index (χ0v) is 25.2. The van der Waals surface area contributed by atoms with Crippen molar-refractivity contribution in [3.8, 4) is 17.2 Å². The number of nitrogens with zero attached hydrogens (tertiary/aromatic N) is 2. The van der Waals surface area contributed by atoms with Crippen molar-refractivity contribution in [2.24, 2.45) is 4.99 Å². The molecule has 0 aliphatic carbocycles. The number of esters is 1. The molecule has 2 aromatic carbocycles. The van der Waals surface area contributed by atoms with Gasteiger partial charge in [-0.3, -0.25) is 9.36 Å². The smallest absolute Gasteiger partial charge is 0.338 e. The number of fused-ring (bicyclic) bond motifs is 1. The summed E-state index contributed by atoms with van der Waals surface area (Å²) >= 11 is 7.76. The van der Waals surface area contributed by atoms with Crippen molar-refractivity contribution >= 4 is 35.0 Å². The van der Waals surface area contributed by atoms with Crippen LogP contribution in [-0.2, 0) is 9.53 Å². The number of benzene rings is 2. The lowest BCUT2D eigenvalue weighted by Gasteiger charge is -2.25. The van der Waals surface area contributed by atoms with Gasteiger partial charge >= 0.3 is 5.97 Å². The predicted octanol–water partition coefficient (Wildman–Crippen LogP) is 5.03. The Kier molecular flexibility index (Phi) is 9.05. The number of hydrogen-bond acceptors (Lipinski definition) is 8. The van der Waals surface area contributed by atoms with Gasteiger partial charge < -0.3 is 18.9 Å². The van der Waals surface area contributed by atoms with Gasteiger partial charge in [-0.15, -0.1) is 0 Å². The Morgan fingerprint density at radius 3 is 2.45 bits per heavy atom. The van der Waals surface area contributed by atoms with Gasteiger partial charge in [0.2, 0.25) is 0 Å². The fraction of sp³-hybridized carbons (Fsp3) is 0.367. The van der Waals surface area contributed by atoms with E-state index in [1.165, 1.54) is 18.4 Å². The zero-order chi connectivity index (χ0) is 29.1. The molecule has 0 amide bonds. The van der Waals surface area contributed by atoms with E-state index in [0.717, 1.165) is 5.56 Å². The Bertz CT molecular complexity index is 1620. The number of ether oxygens (including phenoxy) is 4. The van der Waals surface area contributed by atoms with Gasteiger partial charge in [0.1, 0.15) is 5.75 Å². The highest BCUT2D eigenvalue weighted by Crippen LogP contribution is 2.37. The molecule has 1 atom stereocenters. The maximum Gasteiger partial charge on any atom is 0.338 e.